The topological polar surface area (TPSA) is 46.3 Å². The first-order valence-electron chi connectivity index (χ1n) is 6.58. The number of aromatic nitrogens is 1. The van der Waals surface area contributed by atoms with Crippen LogP contribution in [0.25, 0.3) is 11.1 Å². The van der Waals surface area contributed by atoms with Crippen LogP contribution in [0.1, 0.15) is 24.8 Å². The molecule has 2 aromatic rings. The van der Waals surface area contributed by atoms with Crippen molar-refractivity contribution in [1.29, 1.82) is 0 Å². The van der Waals surface area contributed by atoms with Gasteiger partial charge in [0, 0.05) is 26.4 Å². The molecule has 0 bridgehead atoms. The molecule has 2 rings (SSSR count). The second-order valence-electron chi connectivity index (χ2n) is 5.04. The summed E-state index contributed by atoms with van der Waals surface area (Å²) in [5, 5.41) is 0. The number of benzene rings is 1. The summed E-state index contributed by atoms with van der Waals surface area (Å²) in [4.78, 5) is 17.4. The molecule has 0 fully saturated rings. The summed E-state index contributed by atoms with van der Waals surface area (Å²) in [6, 6.07) is 6.13. The Balaban J connectivity index is 1.92. The number of ketones is 1. The van der Waals surface area contributed by atoms with Gasteiger partial charge in [0.1, 0.15) is 11.3 Å². The number of carbonyl (C=O) groups excluding carboxylic acids is 1. The molecule has 0 saturated carbocycles. The normalized spacial score (nSPS) is 11.4. The lowest BCUT2D eigenvalue weighted by Gasteiger charge is -2.15. The average Bonchev–Trinajstić information content (AvgIpc) is 2.73. The van der Waals surface area contributed by atoms with Gasteiger partial charge in [-0.15, -0.1) is 0 Å². The fourth-order valence-electron chi connectivity index (χ4n) is 2.02. The van der Waals surface area contributed by atoms with Crippen molar-refractivity contribution in [3.05, 3.63) is 29.7 Å². The smallest absolute Gasteiger partial charge is 0.192 e. The molecule has 102 valence electrons. The SMILES string of the molecule is CC(=O)CCN(C)CCc1ccc2nc(C)oc2c1. The van der Waals surface area contributed by atoms with Crippen LogP contribution in [-0.4, -0.2) is 35.8 Å². The van der Waals surface area contributed by atoms with Crippen LogP contribution in [0.4, 0.5) is 0 Å². The van der Waals surface area contributed by atoms with Crippen LogP contribution in [0.5, 0.6) is 0 Å². The zero-order valence-electron chi connectivity index (χ0n) is 11.8. The van der Waals surface area contributed by atoms with Crippen molar-refractivity contribution in [2.24, 2.45) is 0 Å². The lowest BCUT2D eigenvalue weighted by Crippen LogP contribution is -2.23. The van der Waals surface area contributed by atoms with Gasteiger partial charge in [0.2, 0.25) is 0 Å². The molecule has 1 heterocycles. The highest BCUT2D eigenvalue weighted by Gasteiger charge is 2.05. The van der Waals surface area contributed by atoms with Gasteiger partial charge < -0.3 is 9.32 Å². The average molecular weight is 260 g/mol. The molecule has 0 atom stereocenters. The molecule has 0 N–H and O–H groups in total. The number of fused-ring (bicyclic) bond motifs is 1. The Morgan fingerprint density at radius 3 is 2.89 bits per heavy atom. The Morgan fingerprint density at radius 2 is 2.16 bits per heavy atom. The Labute approximate surface area is 113 Å². The molecule has 0 aliphatic rings. The van der Waals surface area contributed by atoms with Gasteiger partial charge in [-0.05, 0) is 38.1 Å². The zero-order valence-corrected chi connectivity index (χ0v) is 11.8. The Bertz CT molecular complexity index is 575. The Kier molecular flexibility index (Phi) is 4.32. The minimum Gasteiger partial charge on any atom is -0.441 e. The molecule has 0 amide bonds. The van der Waals surface area contributed by atoms with E-state index in [-0.39, 0.29) is 5.78 Å². The van der Waals surface area contributed by atoms with Gasteiger partial charge in [-0.25, -0.2) is 4.98 Å². The van der Waals surface area contributed by atoms with Crippen molar-refractivity contribution in [2.75, 3.05) is 20.1 Å². The summed E-state index contributed by atoms with van der Waals surface area (Å²) in [6.45, 7) is 5.24. The number of nitrogens with zero attached hydrogens (tertiary/aromatic N) is 2. The number of likely N-dealkylation sites (N-methyl/N-ethyl adjacent to an activating group) is 1. The lowest BCUT2D eigenvalue weighted by atomic mass is 10.1. The zero-order chi connectivity index (χ0) is 13.8. The first-order valence-corrected chi connectivity index (χ1v) is 6.58. The van der Waals surface area contributed by atoms with Crippen molar-refractivity contribution in [1.82, 2.24) is 9.88 Å². The molecule has 0 aliphatic carbocycles. The summed E-state index contributed by atoms with van der Waals surface area (Å²) >= 11 is 0. The summed E-state index contributed by atoms with van der Waals surface area (Å²) in [5.41, 5.74) is 2.99. The lowest BCUT2D eigenvalue weighted by molar-refractivity contribution is -0.117. The number of Topliss-reactive ketones (excluding diaryl/α,β-unsaturated/α-hetero) is 1. The minimum absolute atomic E-state index is 0.241. The van der Waals surface area contributed by atoms with Gasteiger partial charge >= 0.3 is 0 Å². The third kappa shape index (κ3) is 3.89. The van der Waals surface area contributed by atoms with Crippen LogP contribution in [-0.2, 0) is 11.2 Å². The Morgan fingerprint density at radius 1 is 1.37 bits per heavy atom. The number of oxazole rings is 1. The van der Waals surface area contributed by atoms with E-state index in [1.807, 2.05) is 26.1 Å². The molecular formula is C15H20N2O2. The van der Waals surface area contributed by atoms with E-state index in [2.05, 4.69) is 16.0 Å². The summed E-state index contributed by atoms with van der Waals surface area (Å²) in [6.07, 6.45) is 1.57. The fraction of sp³-hybridized carbons (Fsp3) is 0.467. The molecule has 4 heteroatoms. The predicted molar refractivity (Wildman–Crippen MR) is 75.2 cm³/mol. The third-order valence-corrected chi connectivity index (χ3v) is 3.19. The largest absolute Gasteiger partial charge is 0.441 e. The summed E-state index contributed by atoms with van der Waals surface area (Å²) in [7, 11) is 2.04. The van der Waals surface area contributed by atoms with Crippen molar-refractivity contribution >= 4 is 16.9 Å². The van der Waals surface area contributed by atoms with Crippen LogP contribution in [0.2, 0.25) is 0 Å². The Hall–Kier alpha value is -1.68. The maximum Gasteiger partial charge on any atom is 0.192 e. The van der Waals surface area contributed by atoms with Crippen LogP contribution in [0.3, 0.4) is 0 Å². The molecular weight excluding hydrogens is 240 g/mol. The number of rotatable bonds is 6. The highest BCUT2D eigenvalue weighted by Crippen LogP contribution is 2.17. The van der Waals surface area contributed by atoms with Gasteiger partial charge in [-0.3, -0.25) is 4.79 Å². The van der Waals surface area contributed by atoms with E-state index in [4.69, 9.17) is 4.42 Å². The minimum atomic E-state index is 0.241. The molecule has 0 saturated heterocycles. The van der Waals surface area contributed by atoms with Gasteiger partial charge in [0.05, 0.1) is 0 Å². The van der Waals surface area contributed by atoms with E-state index in [1.165, 1.54) is 5.56 Å². The molecule has 1 aromatic carbocycles. The number of hydrogen-bond donors (Lipinski definition) is 0. The van der Waals surface area contributed by atoms with Crippen molar-refractivity contribution < 1.29 is 9.21 Å². The van der Waals surface area contributed by atoms with Crippen LogP contribution < -0.4 is 0 Å². The molecule has 0 radical (unpaired) electrons. The quantitative estimate of drug-likeness (QED) is 0.801. The highest BCUT2D eigenvalue weighted by atomic mass is 16.3. The molecule has 19 heavy (non-hydrogen) atoms. The van der Waals surface area contributed by atoms with Gasteiger partial charge in [-0.1, -0.05) is 6.07 Å². The van der Waals surface area contributed by atoms with Crippen LogP contribution in [0.15, 0.2) is 22.6 Å². The molecule has 0 spiro atoms. The highest BCUT2D eigenvalue weighted by molar-refractivity contribution is 5.75. The molecule has 1 aromatic heterocycles. The van der Waals surface area contributed by atoms with Crippen LogP contribution >= 0.6 is 0 Å². The summed E-state index contributed by atoms with van der Waals surface area (Å²) in [5.74, 6) is 0.941. The second-order valence-corrected chi connectivity index (χ2v) is 5.04. The van der Waals surface area contributed by atoms with E-state index in [9.17, 15) is 4.79 Å². The van der Waals surface area contributed by atoms with Gasteiger partial charge in [-0.2, -0.15) is 0 Å². The first kappa shape index (κ1) is 13.7. The summed E-state index contributed by atoms with van der Waals surface area (Å²) < 4.78 is 5.52. The van der Waals surface area contributed by atoms with Crippen molar-refractivity contribution in [3.8, 4) is 0 Å². The number of carbonyl (C=O) groups is 1. The number of hydrogen-bond acceptors (Lipinski definition) is 4. The van der Waals surface area contributed by atoms with Gasteiger partial charge in [0.15, 0.2) is 11.5 Å². The van der Waals surface area contributed by atoms with Crippen molar-refractivity contribution in [2.45, 2.75) is 26.7 Å². The van der Waals surface area contributed by atoms with E-state index in [0.717, 1.165) is 30.6 Å². The third-order valence-electron chi connectivity index (χ3n) is 3.19. The molecule has 0 unspecified atom stereocenters. The van der Waals surface area contributed by atoms with Crippen molar-refractivity contribution in [3.63, 3.8) is 0 Å². The van der Waals surface area contributed by atoms with E-state index in [1.54, 1.807) is 6.92 Å². The second kappa shape index (κ2) is 5.97. The maximum atomic E-state index is 10.9. The van der Waals surface area contributed by atoms with E-state index >= 15 is 0 Å². The number of aryl methyl sites for hydroxylation is 1. The first-order chi connectivity index (χ1) is 9.04. The maximum absolute atomic E-state index is 10.9. The molecule has 0 aliphatic heterocycles. The van der Waals surface area contributed by atoms with Crippen LogP contribution in [0, 0.1) is 6.92 Å². The fourth-order valence-corrected chi connectivity index (χ4v) is 2.02. The van der Waals surface area contributed by atoms with E-state index < -0.39 is 0 Å². The monoisotopic (exact) mass is 260 g/mol. The molecule has 4 nitrogen and oxygen atoms in total. The predicted octanol–water partition coefficient (Wildman–Crippen LogP) is 2.59. The van der Waals surface area contributed by atoms with E-state index in [0.29, 0.717) is 12.3 Å². The van der Waals surface area contributed by atoms with Gasteiger partial charge in [0.25, 0.3) is 0 Å². The standard InChI is InChI=1S/C15H20N2O2/c1-11(18)6-8-17(3)9-7-13-4-5-14-15(10-13)19-12(2)16-14/h4-5,10H,6-9H2,1-3H3.